The van der Waals surface area contributed by atoms with Crippen LogP contribution in [0.25, 0.3) is 22.0 Å². The van der Waals surface area contributed by atoms with Gasteiger partial charge in [0.15, 0.2) is 0 Å². The van der Waals surface area contributed by atoms with Crippen LogP contribution in [-0.4, -0.2) is 27.4 Å². The molecule has 0 aliphatic rings. The fraction of sp³-hybridized carbons (Fsp3) is 0.222. The van der Waals surface area contributed by atoms with E-state index in [0.717, 1.165) is 15.0 Å². The van der Waals surface area contributed by atoms with Crippen molar-refractivity contribution in [2.24, 2.45) is 7.05 Å². The molecule has 1 amide bonds. The van der Waals surface area contributed by atoms with Crippen molar-refractivity contribution >= 4 is 16.8 Å². The molecular weight excluding hydrogens is 512 g/mol. The molecule has 2 heterocycles. The Morgan fingerprint density at radius 3 is 2.16 bits per heavy atom. The van der Waals surface area contributed by atoms with Crippen LogP contribution >= 0.6 is 0 Å². The Balaban J connectivity index is 1.87. The minimum Gasteiger partial charge on any atom is -0.336 e. The third kappa shape index (κ3) is 5.13. The van der Waals surface area contributed by atoms with Crippen LogP contribution in [0.5, 0.6) is 0 Å². The van der Waals surface area contributed by atoms with Gasteiger partial charge in [-0.1, -0.05) is 35.9 Å². The van der Waals surface area contributed by atoms with Crippen molar-refractivity contribution < 1.29 is 31.1 Å². The second-order valence-electron chi connectivity index (χ2n) is 8.93. The summed E-state index contributed by atoms with van der Waals surface area (Å²) in [6, 6.07) is 11.5. The number of carbonyl (C=O) groups excluding carboxylic acids is 1. The Morgan fingerprint density at radius 1 is 0.947 bits per heavy atom. The summed E-state index contributed by atoms with van der Waals surface area (Å²) in [5.74, 6) is -0.766. The molecule has 0 radical (unpaired) electrons. The number of pyridine rings is 2. The largest absolute Gasteiger partial charge is 0.416 e. The summed E-state index contributed by atoms with van der Waals surface area (Å²) in [6.07, 6.45) is -8.61. The molecule has 0 spiro atoms. The average Bonchev–Trinajstić information content (AvgIpc) is 2.84. The Morgan fingerprint density at radius 2 is 1.58 bits per heavy atom. The molecule has 5 nitrogen and oxygen atoms in total. The number of carbonyl (C=O) groups is 1. The molecule has 0 fully saturated rings. The number of fused-ring (bicyclic) bond motifs is 1. The van der Waals surface area contributed by atoms with Gasteiger partial charge in [0.1, 0.15) is 11.2 Å². The zero-order chi connectivity index (χ0) is 28.0. The van der Waals surface area contributed by atoms with E-state index in [-0.39, 0.29) is 22.8 Å². The van der Waals surface area contributed by atoms with Gasteiger partial charge in [-0.15, -0.1) is 0 Å². The van der Waals surface area contributed by atoms with Gasteiger partial charge >= 0.3 is 12.4 Å². The predicted molar refractivity (Wildman–Crippen MR) is 129 cm³/mol. The van der Waals surface area contributed by atoms with E-state index in [4.69, 9.17) is 0 Å². The lowest BCUT2D eigenvalue weighted by molar-refractivity contribution is -0.143. The monoisotopic (exact) mass is 533 g/mol. The molecule has 0 unspecified atom stereocenters. The average molecular weight is 533 g/mol. The number of amides is 1. The first-order valence-electron chi connectivity index (χ1n) is 11.3. The Labute approximate surface area is 213 Å². The van der Waals surface area contributed by atoms with Gasteiger partial charge in [-0.2, -0.15) is 26.3 Å². The number of hydrogen-bond donors (Lipinski definition) is 0. The van der Waals surface area contributed by atoms with E-state index >= 15 is 0 Å². The third-order valence-electron chi connectivity index (χ3n) is 6.08. The number of nitrogens with zero attached hydrogens (tertiary/aromatic N) is 3. The lowest BCUT2D eigenvalue weighted by Gasteiger charge is -2.23. The van der Waals surface area contributed by atoms with Crippen molar-refractivity contribution in [3.05, 3.63) is 99.1 Å². The number of benzene rings is 2. The number of alkyl halides is 6. The van der Waals surface area contributed by atoms with Crippen molar-refractivity contribution in [3.63, 3.8) is 0 Å². The van der Waals surface area contributed by atoms with Gasteiger partial charge in [-0.25, -0.2) is 0 Å². The van der Waals surface area contributed by atoms with Crippen LogP contribution < -0.4 is 5.56 Å². The summed E-state index contributed by atoms with van der Waals surface area (Å²) in [7, 11) is 2.61. The minimum absolute atomic E-state index is 0.0290. The predicted octanol–water partition coefficient (Wildman–Crippen LogP) is 6.22. The van der Waals surface area contributed by atoms with Crippen molar-refractivity contribution in [1.82, 2.24) is 14.5 Å². The first kappa shape index (κ1) is 26.9. The lowest BCUT2D eigenvalue weighted by Crippen LogP contribution is -2.33. The van der Waals surface area contributed by atoms with Crippen molar-refractivity contribution in [2.45, 2.75) is 25.8 Å². The van der Waals surface area contributed by atoms with E-state index < -0.39 is 41.5 Å². The summed E-state index contributed by atoms with van der Waals surface area (Å²) in [4.78, 5) is 31.9. The zero-order valence-corrected chi connectivity index (χ0v) is 20.4. The lowest BCUT2D eigenvalue weighted by atomic mass is 9.96. The maximum Gasteiger partial charge on any atom is 0.416 e. The Bertz CT molecular complexity index is 1570. The molecule has 198 valence electrons. The molecule has 2 aromatic heterocycles. The van der Waals surface area contributed by atoms with Crippen molar-refractivity contribution in [1.29, 1.82) is 0 Å². The summed E-state index contributed by atoms with van der Waals surface area (Å²) in [6.45, 7) is 1.27. The number of aromatic nitrogens is 2. The van der Waals surface area contributed by atoms with Crippen LogP contribution in [0.1, 0.15) is 32.7 Å². The van der Waals surface area contributed by atoms with Gasteiger partial charge in [-0.3, -0.25) is 14.6 Å². The van der Waals surface area contributed by atoms with Gasteiger partial charge in [0.2, 0.25) is 0 Å². The molecular formula is C27H21F6N3O2. The molecule has 0 saturated carbocycles. The number of aryl methyl sites for hydroxylation is 1. The summed E-state index contributed by atoms with van der Waals surface area (Å²) >= 11 is 0. The molecule has 4 rings (SSSR count). The molecule has 4 aromatic rings. The van der Waals surface area contributed by atoms with E-state index in [1.807, 2.05) is 13.0 Å². The summed E-state index contributed by atoms with van der Waals surface area (Å²) in [5.41, 5.74) is -2.04. The van der Waals surface area contributed by atoms with E-state index in [1.54, 1.807) is 30.3 Å². The quantitative estimate of drug-likeness (QED) is 0.293. The summed E-state index contributed by atoms with van der Waals surface area (Å²) < 4.78 is 81.0. The molecule has 0 aliphatic carbocycles. The first-order valence-corrected chi connectivity index (χ1v) is 11.3. The highest BCUT2D eigenvalue weighted by atomic mass is 19.4. The standard InChI is InChI=1S/C27H21F6N3O2/c1-15-6-4-7-17(10-15)21-20-8-5-9-34-22(20)24(37)36(3)23(21)25(38)35(2)14-16-11-18(26(28,29)30)13-19(12-16)27(31,32)33/h4-13H,14H2,1-3H3. The second kappa shape index (κ2) is 9.62. The van der Waals surface area contributed by atoms with Gasteiger partial charge in [0.05, 0.1) is 11.1 Å². The van der Waals surface area contributed by atoms with Gasteiger partial charge in [0.25, 0.3) is 11.5 Å². The first-order chi connectivity index (χ1) is 17.7. The maximum atomic E-state index is 13.7. The van der Waals surface area contributed by atoms with Crippen LogP contribution in [0.3, 0.4) is 0 Å². The highest BCUT2D eigenvalue weighted by Crippen LogP contribution is 2.37. The molecule has 11 heteroatoms. The van der Waals surface area contributed by atoms with Crippen LogP contribution in [-0.2, 0) is 25.9 Å². The van der Waals surface area contributed by atoms with Crippen molar-refractivity contribution in [3.8, 4) is 11.1 Å². The number of hydrogen-bond acceptors (Lipinski definition) is 3. The van der Waals surface area contributed by atoms with Crippen LogP contribution in [0.4, 0.5) is 26.3 Å². The molecule has 0 bridgehead atoms. The number of halogens is 6. The highest BCUT2D eigenvalue weighted by Gasteiger charge is 2.37. The summed E-state index contributed by atoms with van der Waals surface area (Å²) in [5, 5.41) is 0.386. The molecule has 0 aliphatic heterocycles. The van der Waals surface area contributed by atoms with E-state index in [1.165, 1.54) is 20.3 Å². The van der Waals surface area contributed by atoms with Gasteiger partial charge < -0.3 is 9.47 Å². The van der Waals surface area contributed by atoms with E-state index in [0.29, 0.717) is 28.6 Å². The molecule has 2 aromatic carbocycles. The van der Waals surface area contributed by atoms with Crippen LogP contribution in [0, 0.1) is 6.92 Å². The molecule has 0 N–H and O–H groups in total. The van der Waals surface area contributed by atoms with Gasteiger partial charge in [0, 0.05) is 37.8 Å². The number of rotatable bonds is 4. The minimum atomic E-state index is -5.02. The molecule has 0 atom stereocenters. The maximum absolute atomic E-state index is 13.7. The SMILES string of the molecule is Cc1cccc(-c2c(C(=O)N(C)Cc3cc(C(F)(F)F)cc(C(F)(F)F)c3)n(C)c(=O)c3ncccc23)c1. The zero-order valence-electron chi connectivity index (χ0n) is 20.4. The van der Waals surface area contributed by atoms with E-state index in [9.17, 15) is 35.9 Å². The Hall–Kier alpha value is -4.15. The fourth-order valence-electron chi connectivity index (χ4n) is 4.31. The third-order valence-corrected chi connectivity index (χ3v) is 6.08. The van der Waals surface area contributed by atoms with Crippen LogP contribution in [0.15, 0.2) is 65.6 Å². The fourth-order valence-corrected chi connectivity index (χ4v) is 4.31. The van der Waals surface area contributed by atoms with Crippen LogP contribution in [0.2, 0.25) is 0 Å². The molecule has 38 heavy (non-hydrogen) atoms. The smallest absolute Gasteiger partial charge is 0.336 e. The highest BCUT2D eigenvalue weighted by molar-refractivity contribution is 6.07. The van der Waals surface area contributed by atoms with Gasteiger partial charge in [-0.05, 0) is 42.3 Å². The van der Waals surface area contributed by atoms with E-state index in [2.05, 4.69) is 4.98 Å². The second-order valence-corrected chi connectivity index (χ2v) is 8.93. The Kier molecular flexibility index (Phi) is 6.81. The normalized spacial score (nSPS) is 12.1. The topological polar surface area (TPSA) is 55.2 Å². The molecule has 0 saturated heterocycles. The van der Waals surface area contributed by atoms with Crippen molar-refractivity contribution in [2.75, 3.05) is 7.05 Å².